The lowest BCUT2D eigenvalue weighted by atomic mass is 10.1. The first kappa shape index (κ1) is 22.6. The van der Waals surface area contributed by atoms with Crippen molar-refractivity contribution in [2.45, 2.75) is 31.4 Å². The lowest BCUT2D eigenvalue weighted by molar-refractivity contribution is -0.139. The van der Waals surface area contributed by atoms with E-state index in [4.69, 9.17) is 4.74 Å². The van der Waals surface area contributed by atoms with E-state index in [1.165, 1.54) is 38.1 Å². The third-order valence-corrected chi connectivity index (χ3v) is 6.29. The zero-order valence-electron chi connectivity index (χ0n) is 17.2. The van der Waals surface area contributed by atoms with E-state index in [0.29, 0.717) is 12.1 Å². The van der Waals surface area contributed by atoms with Crippen LogP contribution in [-0.4, -0.2) is 56.7 Å². The Morgan fingerprint density at radius 3 is 2.24 bits per heavy atom. The minimum absolute atomic E-state index is 0.0137. The SMILES string of the molecule is Cc1ccc(S(=O)(=O)N(C)C)cc1C(=O)O[C@H](C)C(=O)N(C)Cc1ccccc1. The summed E-state index contributed by atoms with van der Waals surface area (Å²) in [6.45, 7) is 3.56. The summed E-state index contributed by atoms with van der Waals surface area (Å²) in [4.78, 5) is 26.6. The summed E-state index contributed by atoms with van der Waals surface area (Å²) in [6.07, 6.45) is -1.01. The second-order valence-electron chi connectivity index (χ2n) is 6.99. The first-order chi connectivity index (χ1) is 13.5. The van der Waals surface area contributed by atoms with Crippen LogP contribution in [0, 0.1) is 6.92 Å². The van der Waals surface area contributed by atoms with Crippen molar-refractivity contribution in [3.63, 3.8) is 0 Å². The first-order valence-electron chi connectivity index (χ1n) is 9.07. The van der Waals surface area contributed by atoms with E-state index < -0.39 is 22.1 Å². The molecule has 2 aromatic rings. The summed E-state index contributed by atoms with van der Waals surface area (Å²) in [5.74, 6) is -1.09. The molecular formula is C21H26N2O5S. The number of rotatable bonds is 7. The molecule has 2 aromatic carbocycles. The summed E-state index contributed by atoms with van der Waals surface area (Å²) in [5, 5.41) is 0. The van der Waals surface area contributed by atoms with Crippen molar-refractivity contribution in [1.29, 1.82) is 0 Å². The van der Waals surface area contributed by atoms with Gasteiger partial charge in [0.05, 0.1) is 10.5 Å². The van der Waals surface area contributed by atoms with Gasteiger partial charge in [-0.1, -0.05) is 36.4 Å². The Labute approximate surface area is 171 Å². The maximum atomic E-state index is 12.6. The summed E-state index contributed by atoms with van der Waals surface area (Å²) < 4.78 is 31.0. The topological polar surface area (TPSA) is 84.0 Å². The predicted molar refractivity (Wildman–Crippen MR) is 110 cm³/mol. The van der Waals surface area contributed by atoms with Crippen molar-refractivity contribution in [3.8, 4) is 0 Å². The van der Waals surface area contributed by atoms with Crippen molar-refractivity contribution in [2.75, 3.05) is 21.1 Å². The number of sulfonamides is 1. The number of carbonyl (C=O) groups excluding carboxylic acids is 2. The van der Waals surface area contributed by atoms with Crippen LogP contribution in [0.5, 0.6) is 0 Å². The predicted octanol–water partition coefficient (Wildman–Crippen LogP) is 2.45. The molecule has 0 radical (unpaired) electrons. The van der Waals surface area contributed by atoms with Crippen molar-refractivity contribution >= 4 is 21.9 Å². The second kappa shape index (κ2) is 9.19. The zero-order chi connectivity index (χ0) is 21.8. The van der Waals surface area contributed by atoms with E-state index in [9.17, 15) is 18.0 Å². The van der Waals surface area contributed by atoms with Crippen molar-refractivity contribution in [2.24, 2.45) is 0 Å². The fraction of sp³-hybridized carbons (Fsp3) is 0.333. The third kappa shape index (κ3) is 5.42. The fourth-order valence-corrected chi connectivity index (χ4v) is 3.64. The van der Waals surface area contributed by atoms with Crippen LogP contribution in [0.2, 0.25) is 0 Å². The molecule has 0 N–H and O–H groups in total. The standard InChI is InChI=1S/C21H26N2O5S/c1-15-11-12-18(29(26,27)22(3)4)13-19(15)21(25)28-16(2)20(24)23(5)14-17-9-7-6-8-10-17/h6-13,16H,14H2,1-5H3/t16-/m1/s1. The fourth-order valence-electron chi connectivity index (χ4n) is 2.71. The van der Waals surface area contributed by atoms with Crippen LogP contribution in [0.15, 0.2) is 53.4 Å². The molecule has 0 unspecified atom stereocenters. The van der Waals surface area contributed by atoms with E-state index in [2.05, 4.69) is 0 Å². The van der Waals surface area contributed by atoms with Gasteiger partial charge in [0.2, 0.25) is 10.0 Å². The molecule has 0 saturated carbocycles. The van der Waals surface area contributed by atoms with Gasteiger partial charge in [-0.05, 0) is 37.1 Å². The Morgan fingerprint density at radius 1 is 1.03 bits per heavy atom. The van der Waals surface area contributed by atoms with Gasteiger partial charge < -0.3 is 9.64 Å². The Balaban J connectivity index is 2.13. The molecule has 0 heterocycles. The maximum absolute atomic E-state index is 12.6. The molecule has 8 heteroatoms. The Morgan fingerprint density at radius 2 is 1.66 bits per heavy atom. The van der Waals surface area contributed by atoms with Crippen molar-refractivity contribution < 1.29 is 22.7 Å². The van der Waals surface area contributed by atoms with Crippen LogP contribution >= 0.6 is 0 Å². The molecule has 1 atom stereocenters. The van der Waals surface area contributed by atoms with Gasteiger partial charge in [-0.15, -0.1) is 0 Å². The molecule has 0 aliphatic heterocycles. The van der Waals surface area contributed by atoms with Gasteiger partial charge in [-0.25, -0.2) is 17.5 Å². The molecule has 1 amide bonds. The van der Waals surface area contributed by atoms with Crippen LogP contribution in [0.3, 0.4) is 0 Å². The smallest absolute Gasteiger partial charge is 0.339 e. The molecule has 156 valence electrons. The average Bonchev–Trinajstić information content (AvgIpc) is 2.67. The van der Waals surface area contributed by atoms with Gasteiger partial charge in [0.1, 0.15) is 0 Å². The number of nitrogens with zero attached hydrogens (tertiary/aromatic N) is 2. The summed E-state index contributed by atoms with van der Waals surface area (Å²) in [6, 6.07) is 13.7. The van der Waals surface area contributed by atoms with Crippen molar-refractivity contribution in [1.82, 2.24) is 9.21 Å². The van der Waals surface area contributed by atoms with Crippen LogP contribution in [-0.2, 0) is 26.1 Å². The average molecular weight is 419 g/mol. The molecule has 29 heavy (non-hydrogen) atoms. The highest BCUT2D eigenvalue weighted by atomic mass is 32.2. The molecule has 0 aliphatic rings. The Bertz CT molecular complexity index is 987. The first-order valence-corrected chi connectivity index (χ1v) is 10.5. The minimum atomic E-state index is -3.69. The molecule has 0 fully saturated rings. The van der Waals surface area contributed by atoms with Crippen LogP contribution in [0.4, 0.5) is 0 Å². The van der Waals surface area contributed by atoms with E-state index in [-0.39, 0.29) is 16.4 Å². The molecule has 0 aromatic heterocycles. The molecule has 0 saturated heterocycles. The summed E-state index contributed by atoms with van der Waals surface area (Å²) in [7, 11) is 0.768. The van der Waals surface area contributed by atoms with Gasteiger partial charge in [-0.2, -0.15) is 0 Å². The zero-order valence-corrected chi connectivity index (χ0v) is 18.1. The number of hydrogen-bond donors (Lipinski definition) is 0. The Hall–Kier alpha value is -2.71. The monoisotopic (exact) mass is 418 g/mol. The molecule has 0 aliphatic carbocycles. The van der Waals surface area contributed by atoms with E-state index in [1.807, 2.05) is 30.3 Å². The maximum Gasteiger partial charge on any atom is 0.339 e. The van der Waals surface area contributed by atoms with Crippen LogP contribution < -0.4 is 0 Å². The molecule has 2 rings (SSSR count). The Kier molecular flexibility index (Phi) is 7.16. The molecular weight excluding hydrogens is 392 g/mol. The van der Waals surface area contributed by atoms with Gasteiger partial charge in [0.25, 0.3) is 5.91 Å². The lowest BCUT2D eigenvalue weighted by Gasteiger charge is -2.22. The van der Waals surface area contributed by atoms with E-state index in [1.54, 1.807) is 20.0 Å². The summed E-state index contributed by atoms with van der Waals surface area (Å²) >= 11 is 0. The number of likely N-dealkylation sites (N-methyl/N-ethyl adjacent to an activating group) is 1. The highest BCUT2D eigenvalue weighted by Gasteiger charge is 2.25. The second-order valence-corrected chi connectivity index (χ2v) is 9.14. The number of benzene rings is 2. The normalized spacial score (nSPS) is 12.5. The number of carbonyl (C=O) groups is 2. The van der Waals surface area contributed by atoms with Gasteiger partial charge in [0, 0.05) is 27.7 Å². The number of ether oxygens (including phenoxy) is 1. The molecule has 0 spiro atoms. The largest absolute Gasteiger partial charge is 0.449 e. The van der Waals surface area contributed by atoms with Gasteiger partial charge >= 0.3 is 5.97 Å². The van der Waals surface area contributed by atoms with E-state index >= 15 is 0 Å². The summed E-state index contributed by atoms with van der Waals surface area (Å²) in [5.41, 5.74) is 1.63. The quantitative estimate of drug-likeness (QED) is 0.645. The third-order valence-electron chi connectivity index (χ3n) is 4.48. The number of aryl methyl sites for hydroxylation is 1. The highest BCUT2D eigenvalue weighted by molar-refractivity contribution is 7.89. The van der Waals surface area contributed by atoms with Crippen LogP contribution in [0.1, 0.15) is 28.4 Å². The molecule has 7 nitrogen and oxygen atoms in total. The van der Waals surface area contributed by atoms with Gasteiger partial charge in [0.15, 0.2) is 6.10 Å². The van der Waals surface area contributed by atoms with Crippen LogP contribution in [0.25, 0.3) is 0 Å². The number of esters is 1. The number of hydrogen-bond acceptors (Lipinski definition) is 5. The van der Waals surface area contributed by atoms with E-state index in [0.717, 1.165) is 9.87 Å². The number of amides is 1. The van der Waals surface area contributed by atoms with Gasteiger partial charge in [-0.3, -0.25) is 4.79 Å². The van der Waals surface area contributed by atoms with Crippen molar-refractivity contribution in [3.05, 3.63) is 65.2 Å². The molecule has 0 bridgehead atoms. The lowest BCUT2D eigenvalue weighted by Crippen LogP contribution is -2.37. The highest BCUT2D eigenvalue weighted by Crippen LogP contribution is 2.19. The minimum Gasteiger partial charge on any atom is -0.449 e.